The molecule has 0 radical (unpaired) electrons. The van der Waals surface area contributed by atoms with E-state index in [1.807, 2.05) is 0 Å². The van der Waals surface area contributed by atoms with E-state index in [1.54, 1.807) is 7.11 Å². The molecule has 0 amide bonds. The van der Waals surface area contributed by atoms with Gasteiger partial charge in [-0.25, -0.2) is 4.99 Å². The molecule has 2 saturated carbocycles. The Morgan fingerprint density at radius 1 is 1.08 bits per heavy atom. The highest BCUT2D eigenvalue weighted by Gasteiger charge is 2.41. The van der Waals surface area contributed by atoms with Crippen LogP contribution in [0.3, 0.4) is 0 Å². The summed E-state index contributed by atoms with van der Waals surface area (Å²) in [5.74, 6) is 3.85. The van der Waals surface area contributed by atoms with E-state index in [-0.39, 0.29) is 18.1 Å². The number of hydrogen-bond acceptors (Lipinski definition) is 4. The number of aliphatic imine (C=N–C) groups is 1. The standard InChI is InChI=1S/C19H34N4O/c1-11-6-7-14(8-12(11)2)23(4)19-21-16-10-17(24-5)13(3)9-15(16)18(20)22-19/h11-17H,6-10H2,1-5H3,(H2,20,21,22). The minimum absolute atomic E-state index is 0.192. The van der Waals surface area contributed by atoms with Crippen molar-refractivity contribution in [2.45, 2.75) is 71.1 Å². The van der Waals surface area contributed by atoms with Crippen LogP contribution in [0, 0.1) is 29.1 Å². The lowest BCUT2D eigenvalue weighted by molar-refractivity contribution is 0.0155. The highest BCUT2D eigenvalue weighted by molar-refractivity contribution is 6.01. The Morgan fingerprint density at radius 2 is 1.83 bits per heavy atom. The molecule has 7 unspecified atom stereocenters. The molecule has 0 bridgehead atoms. The Labute approximate surface area is 146 Å². The van der Waals surface area contributed by atoms with Gasteiger partial charge in [-0.05, 0) is 49.9 Å². The number of fused-ring (bicyclic) bond motifs is 1. The summed E-state index contributed by atoms with van der Waals surface area (Å²) in [4.78, 5) is 7.32. The maximum atomic E-state index is 8.48. The molecule has 3 rings (SSSR count). The van der Waals surface area contributed by atoms with E-state index in [0.717, 1.165) is 30.6 Å². The number of rotatable bonds is 2. The molecule has 5 nitrogen and oxygen atoms in total. The molecule has 2 aliphatic carbocycles. The van der Waals surface area contributed by atoms with E-state index in [0.29, 0.717) is 17.8 Å². The van der Waals surface area contributed by atoms with Crippen molar-refractivity contribution in [3.05, 3.63) is 0 Å². The van der Waals surface area contributed by atoms with Gasteiger partial charge in [0.15, 0.2) is 5.96 Å². The fourth-order valence-electron chi connectivity index (χ4n) is 4.75. The summed E-state index contributed by atoms with van der Waals surface area (Å²) in [5, 5.41) is 11.8. The largest absolute Gasteiger partial charge is 0.381 e. The first kappa shape index (κ1) is 17.7. The summed E-state index contributed by atoms with van der Waals surface area (Å²) >= 11 is 0. The average molecular weight is 335 g/mol. The van der Waals surface area contributed by atoms with Crippen LogP contribution in [0.15, 0.2) is 4.99 Å². The zero-order chi connectivity index (χ0) is 17.4. The Balaban J connectivity index is 1.73. The van der Waals surface area contributed by atoms with Crippen molar-refractivity contribution < 1.29 is 4.74 Å². The maximum Gasteiger partial charge on any atom is 0.199 e. The molecule has 7 atom stereocenters. The Bertz CT molecular complexity index is 506. The fourth-order valence-corrected chi connectivity index (χ4v) is 4.75. The second-order valence-corrected chi connectivity index (χ2v) is 8.42. The zero-order valence-electron chi connectivity index (χ0n) is 15.9. The van der Waals surface area contributed by atoms with Crippen LogP contribution >= 0.6 is 0 Å². The first-order valence-electron chi connectivity index (χ1n) is 9.59. The lowest BCUT2D eigenvalue weighted by atomic mass is 9.75. The molecule has 24 heavy (non-hydrogen) atoms. The summed E-state index contributed by atoms with van der Waals surface area (Å²) in [6.07, 6.45) is 5.92. The molecule has 0 aromatic heterocycles. The molecule has 1 heterocycles. The Hall–Kier alpha value is -1.10. The van der Waals surface area contributed by atoms with E-state index in [4.69, 9.17) is 15.1 Å². The first-order chi connectivity index (χ1) is 11.4. The lowest BCUT2D eigenvalue weighted by Crippen LogP contribution is -2.56. The lowest BCUT2D eigenvalue weighted by Gasteiger charge is -2.44. The third kappa shape index (κ3) is 3.32. The molecule has 3 aliphatic rings. The molecule has 2 N–H and O–H groups in total. The molecule has 2 fully saturated rings. The number of ether oxygens (including phenoxy) is 1. The predicted molar refractivity (Wildman–Crippen MR) is 98.5 cm³/mol. The van der Waals surface area contributed by atoms with Crippen LogP contribution in [-0.4, -0.2) is 49.0 Å². The monoisotopic (exact) mass is 334 g/mol. The summed E-state index contributed by atoms with van der Waals surface area (Å²) in [5.41, 5.74) is 0. The van der Waals surface area contributed by atoms with Gasteiger partial charge >= 0.3 is 0 Å². The highest BCUT2D eigenvalue weighted by Crippen LogP contribution is 2.36. The number of hydrogen-bond donors (Lipinski definition) is 2. The van der Waals surface area contributed by atoms with Crippen molar-refractivity contribution in [3.8, 4) is 0 Å². The van der Waals surface area contributed by atoms with Crippen LogP contribution in [0.2, 0.25) is 0 Å². The van der Waals surface area contributed by atoms with Crippen molar-refractivity contribution in [1.29, 1.82) is 5.41 Å². The SMILES string of the molecule is COC1CC2N=C(N(C)C3CCC(C)C(C)C3)NC(=N)C2CC1C. The van der Waals surface area contributed by atoms with Crippen LogP contribution in [0.5, 0.6) is 0 Å². The molecular formula is C19H34N4O. The van der Waals surface area contributed by atoms with Crippen molar-refractivity contribution in [3.63, 3.8) is 0 Å². The second kappa shape index (κ2) is 7.03. The van der Waals surface area contributed by atoms with E-state index >= 15 is 0 Å². The smallest absolute Gasteiger partial charge is 0.199 e. The van der Waals surface area contributed by atoms with Gasteiger partial charge in [-0.1, -0.05) is 20.8 Å². The summed E-state index contributed by atoms with van der Waals surface area (Å²) in [6, 6.07) is 0.727. The van der Waals surface area contributed by atoms with Gasteiger partial charge in [0, 0.05) is 26.1 Å². The molecule has 0 spiro atoms. The van der Waals surface area contributed by atoms with Crippen LogP contribution in [0.4, 0.5) is 0 Å². The van der Waals surface area contributed by atoms with Crippen LogP contribution in [0.25, 0.3) is 0 Å². The van der Waals surface area contributed by atoms with Crippen molar-refractivity contribution >= 4 is 11.8 Å². The van der Waals surface area contributed by atoms with Gasteiger partial charge in [0.25, 0.3) is 0 Å². The highest BCUT2D eigenvalue weighted by atomic mass is 16.5. The summed E-state index contributed by atoms with van der Waals surface area (Å²) in [7, 11) is 3.95. The molecule has 0 aromatic carbocycles. The Morgan fingerprint density at radius 3 is 2.50 bits per heavy atom. The predicted octanol–water partition coefficient (Wildman–Crippen LogP) is 3.11. The van der Waals surface area contributed by atoms with Crippen molar-refractivity contribution in [2.24, 2.45) is 28.7 Å². The van der Waals surface area contributed by atoms with Gasteiger partial charge in [0.1, 0.15) is 5.84 Å². The number of amidine groups is 1. The van der Waals surface area contributed by atoms with Crippen molar-refractivity contribution in [1.82, 2.24) is 10.2 Å². The Kier molecular flexibility index (Phi) is 5.19. The van der Waals surface area contributed by atoms with E-state index in [2.05, 4.69) is 38.0 Å². The number of methoxy groups -OCH3 is 1. The maximum absolute atomic E-state index is 8.48. The van der Waals surface area contributed by atoms with E-state index < -0.39 is 0 Å². The fraction of sp³-hybridized carbons (Fsp3) is 0.895. The number of nitrogens with zero attached hydrogens (tertiary/aromatic N) is 2. The molecule has 1 aliphatic heterocycles. The quantitative estimate of drug-likeness (QED) is 0.816. The van der Waals surface area contributed by atoms with E-state index in [9.17, 15) is 0 Å². The third-order valence-corrected chi connectivity index (χ3v) is 6.86. The van der Waals surface area contributed by atoms with Gasteiger partial charge < -0.3 is 15.0 Å². The number of guanidine groups is 1. The van der Waals surface area contributed by atoms with Gasteiger partial charge in [0.05, 0.1) is 12.1 Å². The van der Waals surface area contributed by atoms with Crippen LogP contribution in [0.1, 0.15) is 52.9 Å². The zero-order valence-corrected chi connectivity index (χ0v) is 15.9. The minimum atomic E-state index is 0.192. The molecule has 136 valence electrons. The third-order valence-electron chi connectivity index (χ3n) is 6.86. The van der Waals surface area contributed by atoms with Gasteiger partial charge in [-0.2, -0.15) is 0 Å². The normalized spacial score (nSPS) is 42.8. The number of nitrogens with one attached hydrogen (secondary N) is 2. The van der Waals surface area contributed by atoms with Crippen LogP contribution < -0.4 is 5.32 Å². The first-order valence-corrected chi connectivity index (χ1v) is 9.59. The molecular weight excluding hydrogens is 300 g/mol. The summed E-state index contributed by atoms with van der Waals surface area (Å²) < 4.78 is 5.65. The van der Waals surface area contributed by atoms with Crippen molar-refractivity contribution in [2.75, 3.05) is 14.2 Å². The molecule has 0 saturated heterocycles. The molecule has 5 heteroatoms. The molecule has 0 aromatic rings. The topological polar surface area (TPSA) is 60.7 Å². The van der Waals surface area contributed by atoms with Gasteiger partial charge in [-0.3, -0.25) is 5.41 Å². The summed E-state index contributed by atoms with van der Waals surface area (Å²) in [6.45, 7) is 6.96. The van der Waals surface area contributed by atoms with Crippen LogP contribution in [-0.2, 0) is 4.74 Å². The average Bonchev–Trinajstić information content (AvgIpc) is 2.56. The van der Waals surface area contributed by atoms with E-state index in [1.165, 1.54) is 19.3 Å². The second-order valence-electron chi connectivity index (χ2n) is 8.42. The van der Waals surface area contributed by atoms with Gasteiger partial charge in [0.2, 0.25) is 0 Å². The minimum Gasteiger partial charge on any atom is -0.381 e. The van der Waals surface area contributed by atoms with Gasteiger partial charge in [-0.15, -0.1) is 0 Å².